The van der Waals surface area contributed by atoms with Crippen LogP contribution in [-0.2, 0) is 0 Å². The summed E-state index contributed by atoms with van der Waals surface area (Å²) >= 11 is 0. The lowest BCUT2D eigenvalue weighted by atomic mass is 10.0. The number of benzene rings is 1. The molecule has 0 aromatic heterocycles. The van der Waals surface area contributed by atoms with Crippen LogP contribution in [0, 0.1) is 0 Å². The SMILES string of the molecule is C=C=C(C)C(O)c1ccccc1O. The molecule has 13 heavy (non-hydrogen) atoms. The Morgan fingerprint density at radius 1 is 1.46 bits per heavy atom. The molecule has 1 atom stereocenters. The fourth-order valence-electron chi connectivity index (χ4n) is 1.05. The minimum Gasteiger partial charge on any atom is -0.508 e. The molecule has 0 saturated heterocycles. The van der Waals surface area contributed by atoms with E-state index in [1.54, 1.807) is 25.1 Å². The number of para-hydroxylation sites is 1. The zero-order valence-corrected chi connectivity index (χ0v) is 7.49. The average Bonchev–Trinajstić information content (AvgIpc) is 2.16. The molecule has 0 heterocycles. The summed E-state index contributed by atoms with van der Waals surface area (Å²) in [5.41, 5.74) is 3.68. The normalized spacial score (nSPS) is 11.8. The second-order valence-corrected chi connectivity index (χ2v) is 2.82. The fourth-order valence-corrected chi connectivity index (χ4v) is 1.05. The van der Waals surface area contributed by atoms with Crippen LogP contribution in [0.1, 0.15) is 18.6 Å². The molecular weight excluding hydrogens is 164 g/mol. The number of hydrogen-bond donors (Lipinski definition) is 2. The molecule has 0 aliphatic rings. The van der Waals surface area contributed by atoms with Crippen LogP contribution in [0.15, 0.2) is 42.1 Å². The van der Waals surface area contributed by atoms with Crippen LogP contribution >= 0.6 is 0 Å². The highest BCUT2D eigenvalue weighted by Gasteiger charge is 2.12. The standard InChI is InChI=1S/C11H12O2/c1-3-8(2)11(13)9-6-4-5-7-10(9)12/h4-7,11-13H,1H2,2H3. The summed E-state index contributed by atoms with van der Waals surface area (Å²) in [6.07, 6.45) is -0.821. The number of aliphatic hydroxyl groups is 1. The monoisotopic (exact) mass is 176 g/mol. The minimum absolute atomic E-state index is 0.0876. The Morgan fingerprint density at radius 3 is 2.62 bits per heavy atom. The maximum atomic E-state index is 9.67. The number of aromatic hydroxyl groups is 1. The van der Waals surface area contributed by atoms with Gasteiger partial charge in [-0.3, -0.25) is 0 Å². The van der Waals surface area contributed by atoms with Gasteiger partial charge in [-0.15, -0.1) is 5.73 Å². The Bertz CT molecular complexity index is 349. The molecule has 0 saturated carbocycles. The molecule has 2 heteroatoms. The molecule has 2 nitrogen and oxygen atoms in total. The maximum absolute atomic E-state index is 9.67. The summed E-state index contributed by atoms with van der Waals surface area (Å²) in [6.45, 7) is 5.15. The lowest BCUT2D eigenvalue weighted by Gasteiger charge is -2.10. The van der Waals surface area contributed by atoms with E-state index < -0.39 is 6.10 Å². The van der Waals surface area contributed by atoms with Gasteiger partial charge in [0.25, 0.3) is 0 Å². The maximum Gasteiger partial charge on any atom is 0.121 e. The third-order valence-corrected chi connectivity index (χ3v) is 1.92. The first kappa shape index (κ1) is 9.59. The van der Waals surface area contributed by atoms with Gasteiger partial charge in [0.1, 0.15) is 11.9 Å². The van der Waals surface area contributed by atoms with Crippen molar-refractivity contribution in [1.29, 1.82) is 0 Å². The smallest absolute Gasteiger partial charge is 0.121 e. The van der Waals surface area contributed by atoms with Gasteiger partial charge in [-0.05, 0) is 13.0 Å². The van der Waals surface area contributed by atoms with Gasteiger partial charge in [0, 0.05) is 11.1 Å². The molecule has 0 fully saturated rings. The second kappa shape index (κ2) is 3.94. The van der Waals surface area contributed by atoms with Gasteiger partial charge in [0.05, 0.1) is 0 Å². The van der Waals surface area contributed by atoms with Crippen molar-refractivity contribution in [2.75, 3.05) is 0 Å². The van der Waals surface area contributed by atoms with E-state index in [0.717, 1.165) is 0 Å². The predicted octanol–water partition coefficient (Wildman–Crippen LogP) is 2.16. The van der Waals surface area contributed by atoms with Gasteiger partial charge in [-0.2, -0.15) is 0 Å². The van der Waals surface area contributed by atoms with E-state index in [9.17, 15) is 10.2 Å². The van der Waals surface area contributed by atoms with E-state index in [1.165, 1.54) is 6.07 Å². The Labute approximate surface area is 77.5 Å². The number of phenolic OH excluding ortho intramolecular Hbond substituents is 1. The van der Waals surface area contributed by atoms with E-state index in [1.807, 2.05) is 0 Å². The minimum atomic E-state index is -0.821. The second-order valence-electron chi connectivity index (χ2n) is 2.82. The third-order valence-electron chi connectivity index (χ3n) is 1.92. The lowest BCUT2D eigenvalue weighted by molar-refractivity contribution is 0.211. The molecule has 0 amide bonds. The summed E-state index contributed by atoms with van der Waals surface area (Å²) in [4.78, 5) is 0. The van der Waals surface area contributed by atoms with Gasteiger partial charge in [0.2, 0.25) is 0 Å². The van der Waals surface area contributed by atoms with Crippen molar-refractivity contribution in [2.24, 2.45) is 0 Å². The Hall–Kier alpha value is -1.50. The van der Waals surface area contributed by atoms with Gasteiger partial charge in [0.15, 0.2) is 0 Å². The molecule has 0 radical (unpaired) electrons. The first-order chi connectivity index (χ1) is 6.16. The molecule has 1 unspecified atom stereocenters. The van der Waals surface area contributed by atoms with Crippen molar-refractivity contribution >= 4 is 0 Å². The van der Waals surface area contributed by atoms with Crippen molar-refractivity contribution < 1.29 is 10.2 Å². The van der Waals surface area contributed by atoms with Crippen molar-refractivity contribution in [3.05, 3.63) is 47.7 Å². The van der Waals surface area contributed by atoms with E-state index in [4.69, 9.17) is 0 Å². The van der Waals surface area contributed by atoms with Gasteiger partial charge in [-0.1, -0.05) is 24.8 Å². The van der Waals surface area contributed by atoms with Gasteiger partial charge >= 0.3 is 0 Å². The molecule has 2 N–H and O–H groups in total. The van der Waals surface area contributed by atoms with Crippen molar-refractivity contribution in [2.45, 2.75) is 13.0 Å². The highest BCUT2D eigenvalue weighted by atomic mass is 16.3. The van der Waals surface area contributed by atoms with Crippen LogP contribution in [0.5, 0.6) is 5.75 Å². The summed E-state index contributed by atoms with van der Waals surface area (Å²) in [5, 5.41) is 19.1. The van der Waals surface area contributed by atoms with E-state index in [2.05, 4.69) is 12.3 Å². The molecule has 1 aromatic rings. The van der Waals surface area contributed by atoms with Crippen LogP contribution in [0.25, 0.3) is 0 Å². The predicted molar refractivity (Wildman–Crippen MR) is 51.4 cm³/mol. The lowest BCUT2D eigenvalue weighted by Crippen LogP contribution is -1.98. The molecule has 1 rings (SSSR count). The zero-order chi connectivity index (χ0) is 9.84. The number of aliphatic hydroxyl groups excluding tert-OH is 1. The molecule has 0 aliphatic heterocycles. The number of phenols is 1. The van der Waals surface area contributed by atoms with E-state index in [0.29, 0.717) is 11.1 Å². The van der Waals surface area contributed by atoms with E-state index in [-0.39, 0.29) is 5.75 Å². The molecular formula is C11H12O2. The van der Waals surface area contributed by atoms with Crippen molar-refractivity contribution in [3.8, 4) is 5.75 Å². The van der Waals surface area contributed by atoms with Gasteiger partial charge in [-0.25, -0.2) is 0 Å². The van der Waals surface area contributed by atoms with Crippen LogP contribution in [0.3, 0.4) is 0 Å². The van der Waals surface area contributed by atoms with Crippen molar-refractivity contribution in [1.82, 2.24) is 0 Å². The Balaban J connectivity index is 3.09. The largest absolute Gasteiger partial charge is 0.508 e. The van der Waals surface area contributed by atoms with E-state index >= 15 is 0 Å². The quantitative estimate of drug-likeness (QED) is 0.678. The van der Waals surface area contributed by atoms with Crippen LogP contribution in [-0.4, -0.2) is 10.2 Å². The molecule has 0 bridgehead atoms. The summed E-state index contributed by atoms with van der Waals surface area (Å²) in [5.74, 6) is 0.0876. The highest BCUT2D eigenvalue weighted by Crippen LogP contribution is 2.27. The molecule has 0 spiro atoms. The number of rotatable bonds is 2. The summed E-state index contributed by atoms with van der Waals surface area (Å²) < 4.78 is 0. The fraction of sp³-hybridized carbons (Fsp3) is 0.182. The zero-order valence-electron chi connectivity index (χ0n) is 7.49. The highest BCUT2D eigenvalue weighted by molar-refractivity contribution is 5.37. The Kier molecular flexibility index (Phi) is 2.91. The van der Waals surface area contributed by atoms with Crippen molar-refractivity contribution in [3.63, 3.8) is 0 Å². The van der Waals surface area contributed by atoms with Gasteiger partial charge < -0.3 is 10.2 Å². The topological polar surface area (TPSA) is 40.5 Å². The average molecular weight is 176 g/mol. The summed E-state index contributed by atoms with van der Waals surface area (Å²) in [6, 6.07) is 6.67. The molecule has 68 valence electrons. The third kappa shape index (κ3) is 2.00. The molecule has 1 aromatic carbocycles. The van der Waals surface area contributed by atoms with Crippen LogP contribution in [0.4, 0.5) is 0 Å². The van der Waals surface area contributed by atoms with Crippen LogP contribution < -0.4 is 0 Å². The first-order valence-corrected chi connectivity index (χ1v) is 3.99. The summed E-state index contributed by atoms with van der Waals surface area (Å²) in [7, 11) is 0. The molecule has 0 aliphatic carbocycles. The Morgan fingerprint density at radius 2 is 2.08 bits per heavy atom. The number of hydrogen-bond acceptors (Lipinski definition) is 2. The first-order valence-electron chi connectivity index (χ1n) is 3.99. The van der Waals surface area contributed by atoms with Crippen LogP contribution in [0.2, 0.25) is 0 Å².